The van der Waals surface area contributed by atoms with Gasteiger partial charge in [0.15, 0.2) is 0 Å². The number of carbonyl (C=O) groups excluding carboxylic acids is 1. The SMILES string of the molecule is CCC(C)C(=O)Nc1ccccc1NN=C(C#N)C#N. The monoisotopic (exact) mass is 269 g/mol. The number of benzene rings is 1. The molecule has 0 aliphatic rings. The topological polar surface area (TPSA) is 101 Å². The van der Waals surface area contributed by atoms with Gasteiger partial charge in [0.1, 0.15) is 12.1 Å². The van der Waals surface area contributed by atoms with E-state index in [0.29, 0.717) is 11.4 Å². The Hall–Kier alpha value is -2.86. The van der Waals surface area contributed by atoms with Gasteiger partial charge in [-0.15, -0.1) is 0 Å². The van der Waals surface area contributed by atoms with Gasteiger partial charge in [-0.1, -0.05) is 26.0 Å². The number of amides is 1. The summed E-state index contributed by atoms with van der Waals surface area (Å²) in [5, 5.41) is 23.7. The Bertz CT molecular complexity index is 578. The van der Waals surface area contributed by atoms with Crippen LogP contribution in [-0.2, 0) is 4.79 Å². The van der Waals surface area contributed by atoms with Crippen LogP contribution in [0.4, 0.5) is 11.4 Å². The molecule has 1 atom stereocenters. The molecule has 0 spiro atoms. The second-order valence-electron chi connectivity index (χ2n) is 4.14. The molecule has 0 radical (unpaired) electrons. The van der Waals surface area contributed by atoms with Crippen molar-refractivity contribution in [2.24, 2.45) is 11.0 Å². The molecule has 0 bridgehead atoms. The molecule has 2 N–H and O–H groups in total. The number of nitrogens with zero attached hydrogens (tertiary/aromatic N) is 3. The lowest BCUT2D eigenvalue weighted by Crippen LogP contribution is -2.20. The Kier molecular flexibility index (Phi) is 5.74. The van der Waals surface area contributed by atoms with E-state index in [0.717, 1.165) is 6.42 Å². The highest BCUT2D eigenvalue weighted by molar-refractivity contribution is 6.10. The number of para-hydroxylation sites is 2. The number of hydrogen-bond acceptors (Lipinski definition) is 5. The van der Waals surface area contributed by atoms with Gasteiger partial charge in [0.2, 0.25) is 11.6 Å². The summed E-state index contributed by atoms with van der Waals surface area (Å²) in [4.78, 5) is 11.9. The van der Waals surface area contributed by atoms with Gasteiger partial charge < -0.3 is 5.32 Å². The smallest absolute Gasteiger partial charge is 0.237 e. The van der Waals surface area contributed by atoms with Crippen molar-refractivity contribution in [1.29, 1.82) is 10.5 Å². The average Bonchev–Trinajstić information content (AvgIpc) is 2.48. The van der Waals surface area contributed by atoms with E-state index in [4.69, 9.17) is 10.5 Å². The lowest BCUT2D eigenvalue weighted by molar-refractivity contribution is -0.119. The molecule has 6 nitrogen and oxygen atoms in total. The third kappa shape index (κ3) is 4.11. The maximum absolute atomic E-state index is 11.9. The molecule has 0 fully saturated rings. The number of carbonyl (C=O) groups is 1. The van der Waals surface area contributed by atoms with Crippen LogP contribution in [0.25, 0.3) is 0 Å². The first-order valence-electron chi connectivity index (χ1n) is 6.16. The van der Waals surface area contributed by atoms with E-state index in [2.05, 4.69) is 15.8 Å². The summed E-state index contributed by atoms with van der Waals surface area (Å²) in [5.41, 5.74) is 3.39. The second kappa shape index (κ2) is 7.55. The number of nitriles is 2. The molecule has 6 heteroatoms. The predicted molar refractivity (Wildman–Crippen MR) is 76.8 cm³/mol. The first kappa shape index (κ1) is 15.2. The van der Waals surface area contributed by atoms with Gasteiger partial charge in [0.25, 0.3) is 0 Å². The highest BCUT2D eigenvalue weighted by atomic mass is 16.1. The molecule has 1 amide bonds. The summed E-state index contributed by atoms with van der Waals surface area (Å²) in [6.45, 7) is 3.78. The first-order chi connectivity index (χ1) is 9.62. The molecule has 0 heterocycles. The lowest BCUT2D eigenvalue weighted by atomic mass is 10.1. The van der Waals surface area contributed by atoms with Crippen LogP contribution in [0.3, 0.4) is 0 Å². The Morgan fingerprint density at radius 2 is 1.90 bits per heavy atom. The number of rotatable bonds is 5. The van der Waals surface area contributed by atoms with Crippen LogP contribution in [0.15, 0.2) is 29.4 Å². The van der Waals surface area contributed by atoms with E-state index in [1.54, 1.807) is 36.4 Å². The van der Waals surface area contributed by atoms with E-state index in [1.165, 1.54) is 0 Å². The van der Waals surface area contributed by atoms with Gasteiger partial charge in [-0.25, -0.2) is 0 Å². The molecule has 0 saturated heterocycles. The van der Waals surface area contributed by atoms with Crippen molar-refractivity contribution >= 4 is 23.0 Å². The molecule has 20 heavy (non-hydrogen) atoms. The van der Waals surface area contributed by atoms with Crippen molar-refractivity contribution in [2.45, 2.75) is 20.3 Å². The average molecular weight is 269 g/mol. The molecule has 1 aromatic rings. The molecule has 1 aromatic carbocycles. The normalized spacial score (nSPS) is 10.6. The minimum absolute atomic E-state index is 0.0912. The van der Waals surface area contributed by atoms with Crippen LogP contribution >= 0.6 is 0 Å². The Labute approximate surface area is 117 Å². The summed E-state index contributed by atoms with van der Waals surface area (Å²) in [5.74, 6) is -0.188. The third-order valence-electron chi connectivity index (χ3n) is 2.74. The Balaban J connectivity index is 2.90. The molecular weight excluding hydrogens is 254 g/mol. The van der Waals surface area contributed by atoms with Gasteiger partial charge in [-0.05, 0) is 18.6 Å². The maximum atomic E-state index is 11.9. The van der Waals surface area contributed by atoms with E-state index < -0.39 is 0 Å². The van der Waals surface area contributed by atoms with Gasteiger partial charge in [0, 0.05) is 5.92 Å². The molecule has 0 aliphatic heterocycles. The van der Waals surface area contributed by atoms with E-state index in [-0.39, 0.29) is 17.5 Å². The van der Waals surface area contributed by atoms with Crippen molar-refractivity contribution in [3.63, 3.8) is 0 Å². The summed E-state index contributed by atoms with van der Waals surface area (Å²) < 4.78 is 0. The minimum atomic E-state index is -0.284. The number of hydrazone groups is 1. The molecule has 102 valence electrons. The summed E-state index contributed by atoms with van der Waals surface area (Å²) in [6.07, 6.45) is 0.743. The van der Waals surface area contributed by atoms with E-state index >= 15 is 0 Å². The fraction of sp³-hybridized carbons (Fsp3) is 0.286. The largest absolute Gasteiger partial charge is 0.324 e. The predicted octanol–water partition coefficient (Wildman–Crippen LogP) is 2.49. The zero-order valence-corrected chi connectivity index (χ0v) is 11.3. The van der Waals surface area contributed by atoms with Crippen LogP contribution < -0.4 is 10.7 Å². The second-order valence-corrected chi connectivity index (χ2v) is 4.14. The van der Waals surface area contributed by atoms with Gasteiger partial charge in [-0.3, -0.25) is 10.2 Å². The highest BCUT2D eigenvalue weighted by Crippen LogP contribution is 2.22. The summed E-state index contributed by atoms with van der Waals surface area (Å²) in [6, 6.07) is 10.2. The molecule has 1 rings (SSSR count). The Morgan fingerprint density at radius 1 is 1.30 bits per heavy atom. The van der Waals surface area contributed by atoms with Gasteiger partial charge >= 0.3 is 0 Å². The van der Waals surface area contributed by atoms with Crippen LogP contribution in [0.1, 0.15) is 20.3 Å². The van der Waals surface area contributed by atoms with Crippen molar-refractivity contribution < 1.29 is 4.79 Å². The van der Waals surface area contributed by atoms with Gasteiger partial charge in [-0.2, -0.15) is 15.6 Å². The highest BCUT2D eigenvalue weighted by Gasteiger charge is 2.12. The lowest BCUT2D eigenvalue weighted by Gasteiger charge is -2.13. The van der Waals surface area contributed by atoms with Crippen LogP contribution in [0.5, 0.6) is 0 Å². The summed E-state index contributed by atoms with van der Waals surface area (Å²) in [7, 11) is 0. The molecule has 0 aliphatic carbocycles. The van der Waals surface area contributed by atoms with Crippen LogP contribution in [0, 0.1) is 28.6 Å². The molecule has 1 unspecified atom stereocenters. The fourth-order valence-electron chi connectivity index (χ4n) is 1.32. The Morgan fingerprint density at radius 3 is 2.45 bits per heavy atom. The zero-order chi connectivity index (χ0) is 15.0. The van der Waals surface area contributed by atoms with Crippen molar-refractivity contribution in [1.82, 2.24) is 0 Å². The zero-order valence-electron chi connectivity index (χ0n) is 11.3. The van der Waals surface area contributed by atoms with Crippen LogP contribution in [-0.4, -0.2) is 11.6 Å². The van der Waals surface area contributed by atoms with Gasteiger partial charge in [0.05, 0.1) is 11.4 Å². The van der Waals surface area contributed by atoms with E-state index in [9.17, 15) is 4.79 Å². The fourth-order valence-corrected chi connectivity index (χ4v) is 1.32. The number of anilines is 2. The third-order valence-corrected chi connectivity index (χ3v) is 2.74. The van der Waals surface area contributed by atoms with Crippen molar-refractivity contribution in [2.75, 3.05) is 10.7 Å². The molecule has 0 aromatic heterocycles. The quantitative estimate of drug-likeness (QED) is 0.633. The number of hydrogen-bond donors (Lipinski definition) is 2. The first-order valence-corrected chi connectivity index (χ1v) is 6.16. The molecular formula is C14H15N5O. The molecule has 0 saturated carbocycles. The summed E-state index contributed by atoms with van der Waals surface area (Å²) >= 11 is 0. The van der Waals surface area contributed by atoms with Crippen molar-refractivity contribution in [3.05, 3.63) is 24.3 Å². The van der Waals surface area contributed by atoms with Crippen molar-refractivity contribution in [3.8, 4) is 12.1 Å². The number of nitrogens with one attached hydrogen (secondary N) is 2. The standard InChI is InChI=1S/C14H15N5O/c1-3-10(2)14(20)17-12-6-4-5-7-13(12)19-18-11(8-15)9-16/h4-7,10,19H,3H2,1-2H3,(H,17,20). The maximum Gasteiger partial charge on any atom is 0.237 e. The van der Waals surface area contributed by atoms with Crippen LogP contribution in [0.2, 0.25) is 0 Å². The minimum Gasteiger partial charge on any atom is -0.324 e. The van der Waals surface area contributed by atoms with E-state index in [1.807, 2.05) is 13.8 Å².